The molecule has 2 rings (SSSR count). The molecular formula is C12H13N3O3. The van der Waals surface area contributed by atoms with E-state index in [0.717, 1.165) is 5.56 Å². The van der Waals surface area contributed by atoms with Crippen molar-refractivity contribution in [1.82, 2.24) is 14.8 Å². The van der Waals surface area contributed by atoms with Crippen molar-refractivity contribution in [2.45, 2.75) is 13.0 Å². The zero-order valence-electron chi connectivity index (χ0n) is 9.91. The lowest BCUT2D eigenvalue weighted by Crippen LogP contribution is -2.04. The van der Waals surface area contributed by atoms with Gasteiger partial charge >= 0.3 is 5.97 Å². The van der Waals surface area contributed by atoms with Crippen LogP contribution in [0.15, 0.2) is 30.6 Å². The van der Waals surface area contributed by atoms with E-state index in [2.05, 4.69) is 10.1 Å². The lowest BCUT2D eigenvalue weighted by Gasteiger charge is -2.03. The lowest BCUT2D eigenvalue weighted by molar-refractivity contribution is -0.137. The van der Waals surface area contributed by atoms with E-state index in [-0.39, 0.29) is 6.42 Å². The first-order valence-corrected chi connectivity index (χ1v) is 5.45. The number of nitrogens with zero attached hydrogens (tertiary/aromatic N) is 3. The smallest absolute Gasteiger partial charge is 0.305 e. The van der Waals surface area contributed by atoms with Crippen LogP contribution in [0.25, 0.3) is 11.4 Å². The van der Waals surface area contributed by atoms with Gasteiger partial charge in [-0.1, -0.05) is 12.1 Å². The second-order valence-electron chi connectivity index (χ2n) is 3.68. The van der Waals surface area contributed by atoms with Crippen molar-refractivity contribution in [3.8, 4) is 17.1 Å². The molecular weight excluding hydrogens is 234 g/mol. The van der Waals surface area contributed by atoms with Crippen molar-refractivity contribution in [2.24, 2.45) is 0 Å². The molecule has 94 valence electrons. The number of hydrogen-bond donors (Lipinski definition) is 1. The second-order valence-corrected chi connectivity index (χ2v) is 3.68. The topological polar surface area (TPSA) is 77.2 Å². The fourth-order valence-electron chi connectivity index (χ4n) is 1.57. The fraction of sp³-hybridized carbons (Fsp3) is 0.250. The van der Waals surface area contributed by atoms with Crippen LogP contribution < -0.4 is 4.74 Å². The quantitative estimate of drug-likeness (QED) is 0.864. The molecule has 1 heterocycles. The van der Waals surface area contributed by atoms with E-state index >= 15 is 0 Å². The Morgan fingerprint density at radius 2 is 2.22 bits per heavy atom. The average Bonchev–Trinajstić information content (AvgIpc) is 2.85. The van der Waals surface area contributed by atoms with Gasteiger partial charge in [0.05, 0.1) is 25.6 Å². The van der Waals surface area contributed by atoms with Gasteiger partial charge < -0.3 is 9.84 Å². The molecule has 0 atom stereocenters. The number of hydrogen-bond acceptors (Lipinski definition) is 4. The molecule has 0 aliphatic heterocycles. The van der Waals surface area contributed by atoms with Gasteiger partial charge in [-0.25, -0.2) is 4.98 Å². The summed E-state index contributed by atoms with van der Waals surface area (Å²) in [7, 11) is 1.58. The number of aliphatic carboxylic acids is 1. The molecule has 0 bridgehead atoms. The normalized spacial score (nSPS) is 10.3. The van der Waals surface area contributed by atoms with E-state index in [1.807, 2.05) is 24.3 Å². The summed E-state index contributed by atoms with van der Waals surface area (Å²) in [5.74, 6) is 0.357. The van der Waals surface area contributed by atoms with Gasteiger partial charge in [0.15, 0.2) is 5.82 Å². The molecule has 0 aliphatic carbocycles. The van der Waals surface area contributed by atoms with Gasteiger partial charge in [-0.05, 0) is 12.1 Å². The highest BCUT2D eigenvalue weighted by Crippen LogP contribution is 2.26. The molecule has 0 radical (unpaired) electrons. The first kappa shape index (κ1) is 12.1. The molecule has 0 fully saturated rings. The molecule has 0 saturated carbocycles. The standard InChI is InChI=1S/C12H13N3O3/c1-18-10-5-3-2-4-9(10)12-13-8-15(14-12)7-6-11(16)17/h2-5,8H,6-7H2,1H3,(H,16,17). The van der Waals surface area contributed by atoms with Gasteiger partial charge in [0.25, 0.3) is 0 Å². The van der Waals surface area contributed by atoms with E-state index in [9.17, 15) is 4.79 Å². The minimum Gasteiger partial charge on any atom is -0.496 e. The number of benzene rings is 1. The van der Waals surface area contributed by atoms with Crippen LogP contribution in [0.4, 0.5) is 0 Å². The molecule has 6 nitrogen and oxygen atoms in total. The predicted molar refractivity (Wildman–Crippen MR) is 64.3 cm³/mol. The minimum atomic E-state index is -0.857. The Kier molecular flexibility index (Phi) is 3.57. The summed E-state index contributed by atoms with van der Waals surface area (Å²) in [6.07, 6.45) is 1.54. The van der Waals surface area contributed by atoms with Gasteiger partial charge in [-0.3, -0.25) is 9.48 Å². The third-order valence-corrected chi connectivity index (χ3v) is 2.44. The summed E-state index contributed by atoms with van der Waals surface area (Å²) < 4.78 is 6.73. The number of aromatic nitrogens is 3. The number of carbonyl (C=O) groups is 1. The Bertz CT molecular complexity index is 551. The third-order valence-electron chi connectivity index (χ3n) is 2.44. The molecule has 18 heavy (non-hydrogen) atoms. The van der Waals surface area contributed by atoms with Crippen molar-refractivity contribution in [3.63, 3.8) is 0 Å². The number of carboxylic acid groups (broad SMARTS) is 1. The summed E-state index contributed by atoms with van der Waals surface area (Å²) in [6.45, 7) is 0.303. The van der Waals surface area contributed by atoms with Gasteiger partial charge in [0, 0.05) is 0 Å². The predicted octanol–water partition coefficient (Wildman–Crippen LogP) is 1.43. The van der Waals surface area contributed by atoms with Crippen molar-refractivity contribution in [2.75, 3.05) is 7.11 Å². The number of ether oxygens (including phenoxy) is 1. The zero-order chi connectivity index (χ0) is 13.0. The van der Waals surface area contributed by atoms with Gasteiger partial charge in [-0.15, -0.1) is 0 Å². The third kappa shape index (κ3) is 2.65. The first-order valence-electron chi connectivity index (χ1n) is 5.45. The second kappa shape index (κ2) is 5.31. The maximum Gasteiger partial charge on any atom is 0.305 e. The highest BCUT2D eigenvalue weighted by molar-refractivity contribution is 5.66. The largest absolute Gasteiger partial charge is 0.496 e. The maximum atomic E-state index is 10.5. The monoisotopic (exact) mass is 247 g/mol. The van der Waals surface area contributed by atoms with E-state index in [0.29, 0.717) is 18.1 Å². The summed E-state index contributed by atoms with van der Waals surface area (Å²) in [5.41, 5.74) is 0.786. The minimum absolute atomic E-state index is 0.0225. The van der Waals surface area contributed by atoms with Crippen LogP contribution in [-0.4, -0.2) is 33.0 Å². The molecule has 0 amide bonds. The van der Waals surface area contributed by atoms with E-state index in [4.69, 9.17) is 9.84 Å². The van der Waals surface area contributed by atoms with Crippen LogP contribution in [0.1, 0.15) is 6.42 Å². The highest BCUT2D eigenvalue weighted by atomic mass is 16.5. The fourth-order valence-corrected chi connectivity index (χ4v) is 1.57. The van der Waals surface area contributed by atoms with Crippen LogP contribution in [0.2, 0.25) is 0 Å². The summed E-state index contributed by atoms with van der Waals surface area (Å²) in [4.78, 5) is 14.6. The Labute approximate surface area is 104 Å². The Morgan fingerprint density at radius 1 is 1.44 bits per heavy atom. The summed E-state index contributed by atoms with van der Waals surface area (Å²) in [6, 6.07) is 7.42. The van der Waals surface area contributed by atoms with Crippen LogP contribution >= 0.6 is 0 Å². The number of para-hydroxylation sites is 1. The van der Waals surface area contributed by atoms with Crippen LogP contribution in [0.3, 0.4) is 0 Å². The van der Waals surface area contributed by atoms with Crippen LogP contribution in [0, 0.1) is 0 Å². The van der Waals surface area contributed by atoms with Crippen molar-refractivity contribution < 1.29 is 14.6 Å². The molecule has 1 aromatic carbocycles. The molecule has 6 heteroatoms. The zero-order valence-corrected chi connectivity index (χ0v) is 9.91. The van der Waals surface area contributed by atoms with Crippen LogP contribution in [0.5, 0.6) is 5.75 Å². The summed E-state index contributed by atoms with van der Waals surface area (Å²) >= 11 is 0. The number of aryl methyl sites for hydroxylation is 1. The van der Waals surface area contributed by atoms with Gasteiger partial charge in [-0.2, -0.15) is 5.10 Å². The molecule has 1 aromatic heterocycles. The van der Waals surface area contributed by atoms with E-state index < -0.39 is 5.97 Å². The number of rotatable bonds is 5. The molecule has 0 saturated heterocycles. The Morgan fingerprint density at radius 3 is 2.94 bits per heavy atom. The molecule has 0 unspecified atom stereocenters. The SMILES string of the molecule is COc1ccccc1-c1ncn(CCC(=O)O)n1. The van der Waals surface area contributed by atoms with Gasteiger partial charge in [0.1, 0.15) is 12.1 Å². The maximum absolute atomic E-state index is 10.5. The average molecular weight is 247 g/mol. The van der Waals surface area contributed by atoms with E-state index in [1.54, 1.807) is 7.11 Å². The molecule has 1 N–H and O–H groups in total. The lowest BCUT2D eigenvalue weighted by atomic mass is 10.2. The van der Waals surface area contributed by atoms with Crippen molar-refractivity contribution >= 4 is 5.97 Å². The van der Waals surface area contributed by atoms with Crippen LogP contribution in [-0.2, 0) is 11.3 Å². The summed E-state index contributed by atoms with van der Waals surface area (Å²) in [5, 5.41) is 12.8. The van der Waals surface area contributed by atoms with E-state index in [1.165, 1.54) is 11.0 Å². The molecule has 0 aliphatic rings. The number of carboxylic acids is 1. The first-order chi connectivity index (χ1) is 8.70. The van der Waals surface area contributed by atoms with Crippen molar-refractivity contribution in [1.29, 1.82) is 0 Å². The number of methoxy groups -OCH3 is 1. The Hall–Kier alpha value is -2.37. The molecule has 2 aromatic rings. The molecule has 0 spiro atoms. The van der Waals surface area contributed by atoms with Crippen molar-refractivity contribution in [3.05, 3.63) is 30.6 Å². The van der Waals surface area contributed by atoms with Gasteiger partial charge in [0.2, 0.25) is 0 Å². The Balaban J connectivity index is 2.21. The highest BCUT2D eigenvalue weighted by Gasteiger charge is 2.09.